The molecule has 106 valence electrons. The quantitative estimate of drug-likeness (QED) is 0.575. The maximum Gasteiger partial charge on any atom is 0.258 e. The van der Waals surface area contributed by atoms with E-state index in [-0.39, 0.29) is 5.56 Å². The van der Waals surface area contributed by atoms with Gasteiger partial charge in [-0.05, 0) is 36.8 Å². The summed E-state index contributed by atoms with van der Waals surface area (Å²) in [6.07, 6.45) is 0. The highest BCUT2D eigenvalue weighted by Gasteiger charge is 2.05. The number of nitrogens with zero attached hydrogens (tertiary/aromatic N) is 1. The van der Waals surface area contributed by atoms with E-state index in [1.165, 1.54) is 0 Å². The summed E-state index contributed by atoms with van der Waals surface area (Å²) >= 11 is 1.62. The minimum atomic E-state index is -0.0968. The van der Waals surface area contributed by atoms with Crippen LogP contribution in [0.4, 0.5) is 5.69 Å². The molecule has 0 atom stereocenters. The summed E-state index contributed by atoms with van der Waals surface area (Å²) in [6.45, 7) is 2.04. The Labute approximate surface area is 126 Å². The van der Waals surface area contributed by atoms with E-state index in [9.17, 15) is 4.79 Å². The number of para-hydroxylation sites is 1. The Morgan fingerprint density at radius 2 is 2.05 bits per heavy atom. The fourth-order valence-electron chi connectivity index (χ4n) is 2.12. The van der Waals surface area contributed by atoms with Gasteiger partial charge in [0.15, 0.2) is 0 Å². The highest BCUT2D eigenvalue weighted by molar-refractivity contribution is 7.98. The van der Waals surface area contributed by atoms with Gasteiger partial charge in [-0.3, -0.25) is 4.79 Å². The Morgan fingerprint density at radius 3 is 2.90 bits per heavy atom. The lowest BCUT2D eigenvalue weighted by molar-refractivity contribution is 1.04. The summed E-state index contributed by atoms with van der Waals surface area (Å²) in [6, 6.07) is 13.2. The van der Waals surface area contributed by atoms with Gasteiger partial charge in [-0.15, -0.1) is 11.8 Å². The number of H-pyrrole nitrogens is 1. The molecule has 5 heteroatoms. The molecule has 21 heavy (non-hydrogen) atoms. The molecular weight excluding hydrogens is 282 g/mol. The van der Waals surface area contributed by atoms with E-state index in [2.05, 4.69) is 9.97 Å². The zero-order chi connectivity index (χ0) is 14.8. The molecule has 3 N–H and O–H groups in total. The third-order valence-corrected chi connectivity index (χ3v) is 4.41. The maximum atomic E-state index is 12.0. The smallest absolute Gasteiger partial charge is 0.258 e. The fraction of sp³-hybridized carbons (Fsp3) is 0.125. The summed E-state index contributed by atoms with van der Waals surface area (Å²) in [5.74, 6) is 1.27. The lowest BCUT2D eigenvalue weighted by atomic mass is 10.2. The lowest BCUT2D eigenvalue weighted by Gasteiger charge is -2.07. The highest BCUT2D eigenvalue weighted by atomic mass is 32.2. The Bertz CT molecular complexity index is 858. The molecule has 4 nitrogen and oxygen atoms in total. The predicted octanol–water partition coefficient (Wildman–Crippen LogP) is 3.11. The SMILES string of the molecule is Cc1ccc(N)cc1SCc1nc2ccccc2c(=O)[nH]1. The molecule has 1 aromatic heterocycles. The summed E-state index contributed by atoms with van der Waals surface area (Å²) < 4.78 is 0. The molecule has 0 aliphatic rings. The second kappa shape index (κ2) is 5.61. The van der Waals surface area contributed by atoms with Crippen LogP contribution in [0.2, 0.25) is 0 Å². The number of aryl methyl sites for hydroxylation is 1. The van der Waals surface area contributed by atoms with Gasteiger partial charge in [-0.2, -0.15) is 0 Å². The number of rotatable bonds is 3. The van der Waals surface area contributed by atoms with E-state index in [0.717, 1.165) is 21.7 Å². The van der Waals surface area contributed by atoms with Gasteiger partial charge < -0.3 is 10.7 Å². The Balaban J connectivity index is 1.88. The lowest BCUT2D eigenvalue weighted by Crippen LogP contribution is -2.11. The maximum absolute atomic E-state index is 12.0. The predicted molar refractivity (Wildman–Crippen MR) is 87.5 cm³/mol. The third kappa shape index (κ3) is 2.92. The van der Waals surface area contributed by atoms with Crippen LogP contribution in [0.5, 0.6) is 0 Å². The average Bonchev–Trinajstić information content (AvgIpc) is 2.48. The van der Waals surface area contributed by atoms with Crippen molar-refractivity contribution in [2.75, 3.05) is 5.73 Å². The van der Waals surface area contributed by atoms with Gasteiger partial charge in [-0.25, -0.2) is 4.98 Å². The Hall–Kier alpha value is -2.27. The minimum Gasteiger partial charge on any atom is -0.399 e. The zero-order valence-electron chi connectivity index (χ0n) is 11.6. The van der Waals surface area contributed by atoms with Gasteiger partial charge in [0, 0.05) is 10.6 Å². The van der Waals surface area contributed by atoms with Crippen molar-refractivity contribution >= 4 is 28.4 Å². The van der Waals surface area contributed by atoms with Crippen molar-refractivity contribution in [3.63, 3.8) is 0 Å². The summed E-state index contributed by atoms with van der Waals surface area (Å²) in [5.41, 5.74) is 8.34. The largest absolute Gasteiger partial charge is 0.399 e. The van der Waals surface area contributed by atoms with Crippen LogP contribution in [0.3, 0.4) is 0 Å². The first-order valence-electron chi connectivity index (χ1n) is 6.60. The van der Waals surface area contributed by atoms with Crippen molar-refractivity contribution < 1.29 is 0 Å². The molecule has 0 unspecified atom stereocenters. The van der Waals surface area contributed by atoms with Gasteiger partial charge in [0.1, 0.15) is 5.82 Å². The highest BCUT2D eigenvalue weighted by Crippen LogP contribution is 2.26. The molecule has 3 aromatic rings. The molecule has 0 aliphatic heterocycles. The zero-order valence-corrected chi connectivity index (χ0v) is 12.4. The van der Waals surface area contributed by atoms with E-state index in [1.807, 2.05) is 43.3 Å². The second-order valence-corrected chi connectivity index (χ2v) is 5.86. The third-order valence-electron chi connectivity index (χ3n) is 3.24. The number of nitrogens with one attached hydrogen (secondary N) is 1. The molecule has 1 heterocycles. The summed E-state index contributed by atoms with van der Waals surface area (Å²) in [5, 5.41) is 0.617. The number of benzene rings is 2. The second-order valence-electron chi connectivity index (χ2n) is 4.84. The number of nitrogen functional groups attached to an aromatic ring is 1. The topological polar surface area (TPSA) is 71.8 Å². The average molecular weight is 297 g/mol. The van der Waals surface area contributed by atoms with E-state index in [1.54, 1.807) is 17.8 Å². The van der Waals surface area contributed by atoms with E-state index in [4.69, 9.17) is 5.73 Å². The van der Waals surface area contributed by atoms with Crippen LogP contribution in [-0.4, -0.2) is 9.97 Å². The molecule has 0 saturated carbocycles. The van der Waals surface area contributed by atoms with Crippen LogP contribution < -0.4 is 11.3 Å². The molecule has 0 fully saturated rings. The van der Waals surface area contributed by atoms with Gasteiger partial charge in [-0.1, -0.05) is 18.2 Å². The van der Waals surface area contributed by atoms with Crippen LogP contribution in [0.1, 0.15) is 11.4 Å². The molecule has 0 spiro atoms. The number of aromatic nitrogens is 2. The molecule has 0 aliphatic carbocycles. The Kier molecular flexibility index (Phi) is 3.66. The summed E-state index contributed by atoms with van der Waals surface area (Å²) in [4.78, 5) is 20.4. The van der Waals surface area contributed by atoms with Crippen molar-refractivity contribution in [2.45, 2.75) is 17.6 Å². The first kappa shape index (κ1) is 13.7. The van der Waals surface area contributed by atoms with Crippen LogP contribution >= 0.6 is 11.8 Å². The van der Waals surface area contributed by atoms with Crippen LogP contribution in [0.15, 0.2) is 52.2 Å². The number of thioether (sulfide) groups is 1. The van der Waals surface area contributed by atoms with E-state index < -0.39 is 0 Å². The van der Waals surface area contributed by atoms with Gasteiger partial charge in [0.05, 0.1) is 16.7 Å². The molecule has 0 bridgehead atoms. The number of nitrogens with two attached hydrogens (primary N) is 1. The molecular formula is C16H15N3OS. The van der Waals surface area contributed by atoms with E-state index >= 15 is 0 Å². The molecule has 0 saturated heterocycles. The monoisotopic (exact) mass is 297 g/mol. The van der Waals surface area contributed by atoms with Gasteiger partial charge in [0.2, 0.25) is 0 Å². The van der Waals surface area contributed by atoms with Crippen molar-refractivity contribution in [3.05, 3.63) is 64.2 Å². The first-order chi connectivity index (χ1) is 10.1. The molecule has 0 radical (unpaired) electrons. The number of aromatic amines is 1. The summed E-state index contributed by atoms with van der Waals surface area (Å²) in [7, 11) is 0. The molecule has 0 amide bonds. The van der Waals surface area contributed by atoms with Crippen molar-refractivity contribution in [1.82, 2.24) is 9.97 Å². The molecule has 2 aromatic carbocycles. The van der Waals surface area contributed by atoms with Crippen molar-refractivity contribution in [1.29, 1.82) is 0 Å². The van der Waals surface area contributed by atoms with Crippen LogP contribution in [0.25, 0.3) is 10.9 Å². The van der Waals surface area contributed by atoms with Crippen LogP contribution in [0, 0.1) is 6.92 Å². The number of hydrogen-bond acceptors (Lipinski definition) is 4. The number of anilines is 1. The standard InChI is InChI=1S/C16H15N3OS/c1-10-6-7-11(17)8-14(10)21-9-15-18-13-5-3-2-4-12(13)16(20)19-15/h2-8H,9,17H2,1H3,(H,18,19,20). The fourth-order valence-corrected chi connectivity index (χ4v) is 3.07. The number of hydrogen-bond donors (Lipinski definition) is 2. The van der Waals surface area contributed by atoms with Crippen LogP contribution in [-0.2, 0) is 5.75 Å². The van der Waals surface area contributed by atoms with Crippen molar-refractivity contribution in [2.24, 2.45) is 0 Å². The van der Waals surface area contributed by atoms with E-state index in [0.29, 0.717) is 17.0 Å². The first-order valence-corrected chi connectivity index (χ1v) is 7.59. The van der Waals surface area contributed by atoms with Gasteiger partial charge in [0.25, 0.3) is 5.56 Å². The van der Waals surface area contributed by atoms with Crippen molar-refractivity contribution in [3.8, 4) is 0 Å². The Morgan fingerprint density at radius 1 is 1.24 bits per heavy atom. The van der Waals surface area contributed by atoms with Gasteiger partial charge >= 0.3 is 0 Å². The minimum absolute atomic E-state index is 0.0968. The number of fused-ring (bicyclic) bond motifs is 1. The normalized spacial score (nSPS) is 10.9. The molecule has 3 rings (SSSR count).